The largest absolute Gasteiger partial charge is 0.312 e. The van der Waals surface area contributed by atoms with E-state index in [1.54, 1.807) is 0 Å². The van der Waals surface area contributed by atoms with E-state index in [1.165, 1.54) is 15.6 Å². The van der Waals surface area contributed by atoms with Crippen LogP contribution in [-0.2, 0) is 6.54 Å². The molecular weight excluding hydrogens is 347 g/mol. The van der Waals surface area contributed by atoms with Gasteiger partial charge in [-0.25, -0.2) is 0 Å². The van der Waals surface area contributed by atoms with Gasteiger partial charge in [0.2, 0.25) is 0 Å². The first-order valence-corrected chi connectivity index (χ1v) is 8.36. The molecule has 0 aromatic heterocycles. The number of nitrogens with one attached hydrogen (secondary N) is 1. The van der Waals surface area contributed by atoms with Gasteiger partial charge in [-0.1, -0.05) is 26.0 Å². The molecule has 2 atom stereocenters. The molecule has 19 heavy (non-hydrogen) atoms. The Labute approximate surface area is 131 Å². The van der Waals surface area contributed by atoms with Crippen LogP contribution in [0.1, 0.15) is 32.8 Å². The zero-order chi connectivity index (χ0) is 13.8. The van der Waals surface area contributed by atoms with Gasteiger partial charge in [-0.15, -0.1) is 0 Å². The maximum absolute atomic E-state index is 3.69. The van der Waals surface area contributed by atoms with Crippen LogP contribution in [0.3, 0.4) is 0 Å². The summed E-state index contributed by atoms with van der Waals surface area (Å²) in [6.45, 7) is 10.4. The van der Waals surface area contributed by atoms with Crippen molar-refractivity contribution < 1.29 is 0 Å². The zero-order valence-corrected chi connectivity index (χ0v) is 14.4. The fourth-order valence-electron chi connectivity index (χ4n) is 2.65. The number of nitrogens with zero attached hydrogens (tertiary/aromatic N) is 1. The zero-order valence-electron chi connectivity index (χ0n) is 12.2. The van der Waals surface area contributed by atoms with E-state index in [1.807, 2.05) is 0 Å². The van der Waals surface area contributed by atoms with Crippen molar-refractivity contribution in [1.82, 2.24) is 10.2 Å². The predicted molar refractivity (Wildman–Crippen MR) is 90.3 cm³/mol. The van der Waals surface area contributed by atoms with Crippen molar-refractivity contribution >= 4 is 22.6 Å². The second kappa shape index (κ2) is 7.04. The molecule has 0 amide bonds. The number of hydrogen-bond donors (Lipinski definition) is 1. The highest BCUT2D eigenvalue weighted by Crippen LogP contribution is 2.17. The minimum absolute atomic E-state index is 0.619. The van der Waals surface area contributed by atoms with Gasteiger partial charge in [0.15, 0.2) is 0 Å². The molecule has 0 bridgehead atoms. The molecule has 0 radical (unpaired) electrons. The fourth-order valence-corrected chi connectivity index (χ4v) is 3.01. The third-order valence-electron chi connectivity index (χ3n) is 4.13. The van der Waals surface area contributed by atoms with E-state index in [9.17, 15) is 0 Å². The summed E-state index contributed by atoms with van der Waals surface area (Å²) in [5, 5.41) is 3.69. The van der Waals surface area contributed by atoms with Gasteiger partial charge in [0, 0.05) is 28.7 Å². The smallest absolute Gasteiger partial charge is 0.0237 e. The molecule has 0 saturated carbocycles. The van der Waals surface area contributed by atoms with Crippen LogP contribution in [0.2, 0.25) is 0 Å². The van der Waals surface area contributed by atoms with Gasteiger partial charge in [-0.2, -0.15) is 0 Å². The molecule has 2 nitrogen and oxygen atoms in total. The Bertz CT molecular complexity index is 388. The lowest BCUT2D eigenvalue weighted by molar-refractivity contribution is 0.184. The molecule has 1 fully saturated rings. The molecule has 1 aromatic carbocycles. The number of benzene rings is 1. The minimum atomic E-state index is 0.619. The summed E-state index contributed by atoms with van der Waals surface area (Å²) >= 11 is 2.37. The number of hydrogen-bond acceptors (Lipinski definition) is 2. The third-order valence-corrected chi connectivity index (χ3v) is 4.85. The molecule has 2 unspecified atom stereocenters. The van der Waals surface area contributed by atoms with Crippen LogP contribution in [-0.4, -0.2) is 30.1 Å². The van der Waals surface area contributed by atoms with E-state index in [0.717, 1.165) is 19.6 Å². The van der Waals surface area contributed by atoms with Crippen molar-refractivity contribution in [3.8, 4) is 0 Å². The average molecular weight is 372 g/mol. The molecule has 106 valence electrons. The van der Waals surface area contributed by atoms with Crippen LogP contribution in [0.4, 0.5) is 0 Å². The maximum atomic E-state index is 3.69. The first-order chi connectivity index (χ1) is 9.06. The highest BCUT2D eigenvalue weighted by Gasteiger charge is 2.24. The second-order valence-corrected chi connectivity index (χ2v) is 7.24. The van der Waals surface area contributed by atoms with Crippen molar-refractivity contribution in [2.45, 2.75) is 45.8 Å². The standard InChI is InChI=1S/C16H25IN2/c1-12(2)16-11-19(13(3)8-9-18-16)10-14-4-6-15(17)7-5-14/h4-7,12-13,16,18H,8-11H2,1-3H3. The van der Waals surface area contributed by atoms with E-state index >= 15 is 0 Å². The van der Waals surface area contributed by atoms with Gasteiger partial charge >= 0.3 is 0 Å². The minimum Gasteiger partial charge on any atom is -0.312 e. The molecule has 0 aliphatic carbocycles. The van der Waals surface area contributed by atoms with Crippen LogP contribution >= 0.6 is 22.6 Å². The highest BCUT2D eigenvalue weighted by atomic mass is 127. The van der Waals surface area contributed by atoms with Gasteiger partial charge in [-0.05, 0) is 66.1 Å². The number of rotatable bonds is 3. The van der Waals surface area contributed by atoms with E-state index in [4.69, 9.17) is 0 Å². The summed E-state index contributed by atoms with van der Waals surface area (Å²) < 4.78 is 1.31. The first-order valence-electron chi connectivity index (χ1n) is 7.28. The quantitative estimate of drug-likeness (QED) is 0.818. The van der Waals surface area contributed by atoms with E-state index in [0.29, 0.717) is 18.0 Å². The highest BCUT2D eigenvalue weighted by molar-refractivity contribution is 14.1. The number of halogens is 1. The van der Waals surface area contributed by atoms with Gasteiger partial charge < -0.3 is 5.32 Å². The molecule has 2 rings (SSSR count). The summed E-state index contributed by atoms with van der Waals surface area (Å²) in [5.74, 6) is 0.699. The lowest BCUT2D eigenvalue weighted by atomic mass is 10.0. The summed E-state index contributed by atoms with van der Waals surface area (Å²) in [5.41, 5.74) is 1.43. The van der Waals surface area contributed by atoms with Crippen LogP contribution in [0, 0.1) is 9.49 Å². The Morgan fingerprint density at radius 1 is 1.32 bits per heavy atom. The topological polar surface area (TPSA) is 15.3 Å². The second-order valence-electron chi connectivity index (χ2n) is 6.00. The van der Waals surface area contributed by atoms with Crippen molar-refractivity contribution in [3.05, 3.63) is 33.4 Å². The molecule has 1 aliphatic rings. The SMILES string of the molecule is CC(C)C1CN(Cc2ccc(I)cc2)C(C)CCN1. The molecule has 1 aromatic rings. The molecule has 1 heterocycles. The Hall–Kier alpha value is -0.130. The van der Waals surface area contributed by atoms with E-state index in [-0.39, 0.29) is 0 Å². The van der Waals surface area contributed by atoms with Crippen LogP contribution < -0.4 is 5.32 Å². The Morgan fingerprint density at radius 2 is 2.00 bits per heavy atom. The molecule has 0 spiro atoms. The lowest BCUT2D eigenvalue weighted by Gasteiger charge is -2.30. The van der Waals surface area contributed by atoms with Crippen LogP contribution in [0.15, 0.2) is 24.3 Å². The Balaban J connectivity index is 2.04. The van der Waals surface area contributed by atoms with Crippen LogP contribution in [0.5, 0.6) is 0 Å². The van der Waals surface area contributed by atoms with Crippen molar-refractivity contribution in [2.24, 2.45) is 5.92 Å². The van der Waals surface area contributed by atoms with Gasteiger partial charge in [0.1, 0.15) is 0 Å². The van der Waals surface area contributed by atoms with Crippen LogP contribution in [0.25, 0.3) is 0 Å². The maximum Gasteiger partial charge on any atom is 0.0237 e. The van der Waals surface area contributed by atoms with Gasteiger partial charge in [-0.3, -0.25) is 4.90 Å². The van der Waals surface area contributed by atoms with E-state index < -0.39 is 0 Å². The lowest BCUT2D eigenvalue weighted by Crippen LogP contribution is -2.42. The van der Waals surface area contributed by atoms with Gasteiger partial charge in [0.25, 0.3) is 0 Å². The molecule has 3 heteroatoms. The molecule has 1 N–H and O–H groups in total. The monoisotopic (exact) mass is 372 g/mol. The molecular formula is C16H25IN2. The first kappa shape index (κ1) is 15.3. The average Bonchev–Trinajstić information content (AvgIpc) is 2.55. The predicted octanol–water partition coefficient (Wildman–Crippen LogP) is 3.50. The summed E-state index contributed by atoms with van der Waals surface area (Å²) in [4.78, 5) is 2.63. The summed E-state index contributed by atoms with van der Waals surface area (Å²) in [6.07, 6.45) is 1.24. The Kier molecular flexibility index (Phi) is 5.66. The Morgan fingerprint density at radius 3 is 2.63 bits per heavy atom. The third kappa shape index (κ3) is 4.43. The fraction of sp³-hybridized carbons (Fsp3) is 0.625. The summed E-state index contributed by atoms with van der Waals surface area (Å²) in [6, 6.07) is 10.2. The van der Waals surface area contributed by atoms with Gasteiger partial charge in [0.05, 0.1) is 0 Å². The van der Waals surface area contributed by atoms with Crippen molar-refractivity contribution in [2.75, 3.05) is 13.1 Å². The van der Waals surface area contributed by atoms with E-state index in [2.05, 4.69) is 77.8 Å². The normalized spacial score (nSPS) is 25.5. The molecule has 1 saturated heterocycles. The van der Waals surface area contributed by atoms with Crippen molar-refractivity contribution in [1.29, 1.82) is 0 Å². The van der Waals surface area contributed by atoms with Crippen molar-refractivity contribution in [3.63, 3.8) is 0 Å². The summed E-state index contributed by atoms with van der Waals surface area (Å²) in [7, 11) is 0. The molecule has 1 aliphatic heterocycles.